The summed E-state index contributed by atoms with van der Waals surface area (Å²) in [6.45, 7) is -0.203. The van der Waals surface area contributed by atoms with Crippen LogP contribution in [0.3, 0.4) is 0 Å². The fourth-order valence-corrected chi connectivity index (χ4v) is 6.43. The lowest BCUT2D eigenvalue weighted by Gasteiger charge is -2.23. The van der Waals surface area contributed by atoms with E-state index in [-0.39, 0.29) is 46.9 Å². The van der Waals surface area contributed by atoms with Crippen molar-refractivity contribution in [3.63, 3.8) is 0 Å². The molecule has 5 aromatic rings. The lowest BCUT2D eigenvalue weighted by atomic mass is 10.1. The Morgan fingerprint density at radius 2 is 1.00 bits per heavy atom. The normalized spacial score (nSPS) is 11.5. The monoisotopic (exact) mass is 642 g/mol. The van der Waals surface area contributed by atoms with Crippen LogP contribution < -0.4 is 0 Å². The minimum absolute atomic E-state index is 0.0319. The number of hydrogen-bond donors (Lipinski definition) is 4. The third-order valence-corrected chi connectivity index (χ3v) is 9.18. The molecule has 1 heterocycles. The number of benzene rings is 4. The number of rotatable bonds is 12. The van der Waals surface area contributed by atoms with Gasteiger partial charge in [0.2, 0.25) is 10.0 Å². The van der Waals surface area contributed by atoms with Crippen LogP contribution >= 0.6 is 0 Å². The average Bonchev–Trinajstić information content (AvgIpc) is 3.39. The van der Waals surface area contributed by atoms with E-state index >= 15 is 0 Å². The van der Waals surface area contributed by atoms with Crippen molar-refractivity contribution < 1.29 is 48.0 Å². The first-order valence-corrected chi connectivity index (χ1v) is 15.1. The molecule has 0 atom stereocenters. The van der Waals surface area contributed by atoms with Crippen molar-refractivity contribution >= 4 is 44.8 Å². The summed E-state index contributed by atoms with van der Waals surface area (Å²) in [6, 6.07) is 23.0. The molecule has 4 aromatic carbocycles. The van der Waals surface area contributed by atoms with Gasteiger partial charge in [-0.25, -0.2) is 27.6 Å². The van der Waals surface area contributed by atoms with Gasteiger partial charge < -0.3 is 25.0 Å². The summed E-state index contributed by atoms with van der Waals surface area (Å²) in [5.41, 5.74) is 2.13. The summed E-state index contributed by atoms with van der Waals surface area (Å²) >= 11 is 0. The van der Waals surface area contributed by atoms with Crippen molar-refractivity contribution in [3.05, 3.63) is 136 Å². The van der Waals surface area contributed by atoms with Crippen molar-refractivity contribution in [2.75, 3.05) is 0 Å². The predicted octanol–water partition coefficient (Wildman–Crippen LogP) is 4.87. The van der Waals surface area contributed by atoms with Crippen LogP contribution in [0.25, 0.3) is 10.9 Å². The molecule has 0 aliphatic heterocycles. The largest absolute Gasteiger partial charge is 0.478 e. The Bertz CT molecular complexity index is 2020. The summed E-state index contributed by atoms with van der Waals surface area (Å²) in [7, 11) is -4.25. The maximum Gasteiger partial charge on any atom is 0.352 e. The first-order valence-electron chi connectivity index (χ1n) is 13.7. The first kappa shape index (κ1) is 31.6. The zero-order chi connectivity index (χ0) is 33.2. The molecular weight excluding hydrogens is 616 g/mol. The van der Waals surface area contributed by atoms with Crippen molar-refractivity contribution in [3.8, 4) is 0 Å². The van der Waals surface area contributed by atoms with Gasteiger partial charge in [-0.15, -0.1) is 0 Å². The minimum Gasteiger partial charge on any atom is -0.478 e. The molecule has 1 aromatic heterocycles. The second kappa shape index (κ2) is 12.7. The third-order valence-electron chi connectivity index (χ3n) is 7.39. The van der Waals surface area contributed by atoms with Gasteiger partial charge in [0, 0.05) is 30.5 Å². The van der Waals surface area contributed by atoms with E-state index < -0.39 is 33.9 Å². The maximum absolute atomic E-state index is 14.1. The highest BCUT2D eigenvalue weighted by atomic mass is 32.2. The predicted molar refractivity (Wildman–Crippen MR) is 165 cm³/mol. The van der Waals surface area contributed by atoms with Crippen molar-refractivity contribution in [1.29, 1.82) is 0 Å². The number of aromatic nitrogens is 1. The molecule has 46 heavy (non-hydrogen) atoms. The summed E-state index contributed by atoms with van der Waals surface area (Å²) in [5.74, 6) is -4.60. The van der Waals surface area contributed by atoms with Crippen LogP contribution in [0, 0.1) is 0 Å². The smallest absolute Gasteiger partial charge is 0.352 e. The Balaban J connectivity index is 1.52. The van der Waals surface area contributed by atoms with Crippen LogP contribution in [0.2, 0.25) is 0 Å². The van der Waals surface area contributed by atoms with Crippen LogP contribution in [0.15, 0.2) is 102 Å². The maximum atomic E-state index is 14.1. The van der Waals surface area contributed by atoms with Gasteiger partial charge in [0.25, 0.3) is 0 Å². The molecule has 0 aliphatic carbocycles. The van der Waals surface area contributed by atoms with Gasteiger partial charge in [-0.3, -0.25) is 0 Å². The summed E-state index contributed by atoms with van der Waals surface area (Å²) in [6.07, 6.45) is 0. The van der Waals surface area contributed by atoms with E-state index in [0.717, 1.165) is 0 Å². The van der Waals surface area contributed by atoms with Gasteiger partial charge >= 0.3 is 23.9 Å². The Labute approximate surface area is 262 Å². The molecule has 0 radical (unpaired) electrons. The molecule has 0 amide bonds. The molecule has 13 heteroatoms. The van der Waals surface area contributed by atoms with Gasteiger partial charge in [-0.2, -0.15) is 4.31 Å². The number of hydrogen-bond acceptors (Lipinski definition) is 6. The number of carboxylic acid groups (broad SMARTS) is 4. The Morgan fingerprint density at radius 1 is 0.565 bits per heavy atom. The number of carbonyl (C=O) groups is 4. The highest BCUT2D eigenvalue weighted by Gasteiger charge is 2.27. The first-order chi connectivity index (χ1) is 21.8. The van der Waals surface area contributed by atoms with Gasteiger partial charge in [-0.05, 0) is 77.4 Å². The third kappa shape index (κ3) is 6.65. The molecule has 12 nitrogen and oxygen atoms in total. The lowest BCUT2D eigenvalue weighted by Crippen LogP contribution is -2.30. The second-order valence-corrected chi connectivity index (χ2v) is 12.4. The number of aromatic carboxylic acids is 4. The van der Waals surface area contributed by atoms with E-state index in [4.69, 9.17) is 0 Å². The molecule has 234 valence electrons. The van der Waals surface area contributed by atoms with Crippen molar-refractivity contribution in [2.45, 2.75) is 24.5 Å². The van der Waals surface area contributed by atoms with Crippen LogP contribution in [0.5, 0.6) is 0 Å². The number of carboxylic acids is 4. The van der Waals surface area contributed by atoms with E-state index in [1.807, 2.05) is 0 Å². The zero-order valence-electron chi connectivity index (χ0n) is 23.9. The zero-order valence-corrected chi connectivity index (χ0v) is 24.7. The molecular formula is C33H26N2O10S. The number of nitrogens with zero attached hydrogens (tertiary/aromatic N) is 2. The van der Waals surface area contributed by atoms with Gasteiger partial charge in [0.1, 0.15) is 5.69 Å². The summed E-state index contributed by atoms with van der Waals surface area (Å²) in [5, 5.41) is 37.9. The molecule has 0 saturated heterocycles. The molecule has 5 rings (SSSR count). The van der Waals surface area contributed by atoms with E-state index in [9.17, 15) is 48.0 Å². The summed E-state index contributed by atoms with van der Waals surface area (Å²) in [4.78, 5) is 45.8. The van der Waals surface area contributed by atoms with Crippen LogP contribution in [-0.4, -0.2) is 61.6 Å². The Morgan fingerprint density at radius 3 is 1.41 bits per heavy atom. The quantitative estimate of drug-likeness (QED) is 0.146. The average molecular weight is 643 g/mol. The van der Waals surface area contributed by atoms with E-state index in [1.54, 1.807) is 12.1 Å². The molecule has 0 unspecified atom stereocenters. The van der Waals surface area contributed by atoms with Crippen LogP contribution in [-0.2, 0) is 29.7 Å². The fraction of sp³-hybridized carbons (Fsp3) is 0.0909. The van der Waals surface area contributed by atoms with E-state index in [0.29, 0.717) is 27.6 Å². The molecule has 0 saturated carbocycles. The molecule has 0 bridgehead atoms. The topological polar surface area (TPSA) is 192 Å². The SMILES string of the molecule is O=C(O)c1ccc(CN(Cc2ccc(C(=O)O)cc2)S(=O)(=O)c2ccc3c(c2)cc(C(=O)O)n3Cc2ccc(C(=O)O)cc2)cc1. The van der Waals surface area contributed by atoms with Crippen molar-refractivity contribution in [1.82, 2.24) is 8.87 Å². The molecule has 0 aliphatic rings. The molecule has 0 spiro atoms. The fourth-order valence-electron chi connectivity index (χ4n) is 4.98. The highest BCUT2D eigenvalue weighted by molar-refractivity contribution is 7.89. The number of fused-ring (bicyclic) bond motifs is 1. The lowest BCUT2D eigenvalue weighted by molar-refractivity contribution is 0.0678. The van der Waals surface area contributed by atoms with Gasteiger partial charge in [-0.1, -0.05) is 36.4 Å². The standard InChI is InChI=1S/C33H26N2O10S/c36-30(37)23-7-1-20(2-8-23)17-34(18-21-3-9-24(10-4-21)31(38)39)46(44,45)27-13-14-28-26(15-27)16-29(33(42)43)35(28)19-22-5-11-25(12-6-22)32(40)41/h1-16H,17-19H2,(H,36,37)(H,38,39)(H,40,41)(H,42,43). The number of sulfonamides is 1. The molecule has 0 fully saturated rings. The molecule has 4 N–H and O–H groups in total. The van der Waals surface area contributed by atoms with Crippen molar-refractivity contribution in [2.24, 2.45) is 0 Å². The Hall–Kier alpha value is -5.79. The van der Waals surface area contributed by atoms with Gasteiger partial charge in [0.05, 0.1) is 21.6 Å². The van der Waals surface area contributed by atoms with Crippen LogP contribution in [0.4, 0.5) is 0 Å². The highest BCUT2D eigenvalue weighted by Crippen LogP contribution is 2.28. The van der Waals surface area contributed by atoms with E-state index in [1.165, 1.54) is 93.8 Å². The summed E-state index contributed by atoms with van der Waals surface area (Å²) < 4.78 is 30.9. The second-order valence-electron chi connectivity index (χ2n) is 10.4. The van der Waals surface area contributed by atoms with Crippen LogP contribution in [0.1, 0.15) is 58.3 Å². The minimum atomic E-state index is -4.25. The van der Waals surface area contributed by atoms with E-state index in [2.05, 4.69) is 0 Å². The Kier molecular flexibility index (Phi) is 8.71. The van der Waals surface area contributed by atoms with Gasteiger partial charge in [0.15, 0.2) is 0 Å².